The Bertz CT molecular complexity index is 1250. The highest BCUT2D eigenvalue weighted by Crippen LogP contribution is 2.26. The van der Waals surface area contributed by atoms with E-state index in [1.54, 1.807) is 38.3 Å². The van der Waals surface area contributed by atoms with Crippen LogP contribution < -0.4 is 14.8 Å². The van der Waals surface area contributed by atoms with Gasteiger partial charge in [-0.1, -0.05) is 36.4 Å². The minimum Gasteiger partial charge on any atom is -0.496 e. The van der Waals surface area contributed by atoms with Crippen molar-refractivity contribution in [2.24, 2.45) is 0 Å². The van der Waals surface area contributed by atoms with E-state index in [0.29, 0.717) is 17.0 Å². The number of ether oxygens (including phenoxy) is 1. The summed E-state index contributed by atoms with van der Waals surface area (Å²) in [6.07, 6.45) is 0. The lowest BCUT2D eigenvalue weighted by Gasteiger charge is -2.18. The quantitative estimate of drug-likeness (QED) is 0.533. The summed E-state index contributed by atoms with van der Waals surface area (Å²) in [4.78, 5) is 13.0. The molecule has 7 heteroatoms. The van der Waals surface area contributed by atoms with Crippen molar-refractivity contribution in [1.29, 1.82) is 0 Å². The van der Waals surface area contributed by atoms with E-state index in [-0.39, 0.29) is 22.4 Å². The summed E-state index contributed by atoms with van der Waals surface area (Å²) in [6, 6.07) is 17.2. The zero-order chi connectivity index (χ0) is 23.5. The fourth-order valence-electron chi connectivity index (χ4n) is 3.47. The Labute approximate surface area is 189 Å². The van der Waals surface area contributed by atoms with Crippen LogP contribution in [0, 0.1) is 20.8 Å². The molecule has 1 amide bonds. The molecular formula is C25H28N2O4S. The van der Waals surface area contributed by atoms with E-state index in [4.69, 9.17) is 4.74 Å². The fourth-order valence-corrected chi connectivity index (χ4v) is 4.87. The Morgan fingerprint density at radius 2 is 1.66 bits per heavy atom. The number of methoxy groups -OCH3 is 1. The highest BCUT2D eigenvalue weighted by Gasteiger charge is 2.21. The first-order chi connectivity index (χ1) is 15.1. The molecule has 0 radical (unpaired) electrons. The minimum atomic E-state index is -3.88. The zero-order valence-corrected chi connectivity index (χ0v) is 19.7. The van der Waals surface area contributed by atoms with E-state index < -0.39 is 10.0 Å². The smallest absolute Gasteiger partial charge is 0.262 e. The highest BCUT2D eigenvalue weighted by molar-refractivity contribution is 7.92. The molecule has 3 aromatic rings. The zero-order valence-electron chi connectivity index (χ0n) is 18.9. The van der Waals surface area contributed by atoms with Crippen LogP contribution in [-0.4, -0.2) is 21.4 Å². The van der Waals surface area contributed by atoms with Gasteiger partial charge in [0.25, 0.3) is 15.9 Å². The molecule has 3 rings (SSSR count). The van der Waals surface area contributed by atoms with Gasteiger partial charge >= 0.3 is 0 Å². The summed E-state index contributed by atoms with van der Waals surface area (Å²) in [6.45, 7) is 7.34. The largest absolute Gasteiger partial charge is 0.496 e. The Balaban J connectivity index is 1.87. The number of hydrogen-bond donors (Lipinski definition) is 2. The van der Waals surface area contributed by atoms with Crippen LogP contribution in [0.2, 0.25) is 0 Å². The minimum absolute atomic E-state index is 0.0657. The summed E-state index contributed by atoms with van der Waals surface area (Å²) in [7, 11) is -2.30. The number of carbonyl (C=O) groups excluding carboxylic acids is 1. The number of rotatable bonds is 7. The fraction of sp³-hybridized carbons (Fsp3) is 0.240. The van der Waals surface area contributed by atoms with E-state index in [1.165, 1.54) is 6.07 Å². The number of nitrogens with one attached hydrogen (secondary N) is 2. The third kappa shape index (κ3) is 4.94. The van der Waals surface area contributed by atoms with Gasteiger partial charge in [0.05, 0.1) is 23.7 Å². The lowest BCUT2D eigenvalue weighted by Crippen LogP contribution is -2.27. The van der Waals surface area contributed by atoms with E-state index >= 15 is 0 Å². The van der Waals surface area contributed by atoms with Gasteiger partial charge < -0.3 is 10.1 Å². The molecule has 0 spiro atoms. The number of amides is 1. The second-order valence-electron chi connectivity index (χ2n) is 7.77. The summed E-state index contributed by atoms with van der Waals surface area (Å²) in [5.41, 5.74) is 4.01. The molecule has 0 heterocycles. The third-order valence-electron chi connectivity index (χ3n) is 5.54. The van der Waals surface area contributed by atoms with Crippen molar-refractivity contribution in [3.05, 3.63) is 88.5 Å². The van der Waals surface area contributed by atoms with Crippen molar-refractivity contribution in [3.8, 4) is 5.75 Å². The Morgan fingerprint density at radius 3 is 2.38 bits per heavy atom. The molecule has 0 fully saturated rings. The average molecular weight is 453 g/mol. The lowest BCUT2D eigenvalue weighted by molar-refractivity contribution is 0.0939. The molecule has 0 aromatic heterocycles. The summed E-state index contributed by atoms with van der Waals surface area (Å²) in [5, 5.41) is 2.92. The highest BCUT2D eigenvalue weighted by atomic mass is 32.2. The van der Waals surface area contributed by atoms with Gasteiger partial charge in [0.1, 0.15) is 5.75 Å². The van der Waals surface area contributed by atoms with Crippen LogP contribution in [-0.2, 0) is 10.0 Å². The van der Waals surface area contributed by atoms with Crippen LogP contribution >= 0.6 is 0 Å². The monoisotopic (exact) mass is 452 g/mol. The first-order valence-electron chi connectivity index (χ1n) is 10.3. The predicted molar refractivity (Wildman–Crippen MR) is 127 cm³/mol. The maximum Gasteiger partial charge on any atom is 0.262 e. The van der Waals surface area contributed by atoms with Crippen molar-refractivity contribution >= 4 is 21.6 Å². The molecule has 0 unspecified atom stereocenters. The number of hydrogen-bond acceptors (Lipinski definition) is 4. The first kappa shape index (κ1) is 23.3. The predicted octanol–water partition coefficient (Wildman–Crippen LogP) is 4.91. The molecular weight excluding hydrogens is 424 g/mol. The molecule has 0 saturated carbocycles. The molecule has 3 aromatic carbocycles. The molecule has 32 heavy (non-hydrogen) atoms. The number of benzene rings is 3. The van der Waals surface area contributed by atoms with Crippen molar-refractivity contribution in [2.45, 2.75) is 38.6 Å². The Hall–Kier alpha value is -3.32. The maximum atomic E-state index is 13.1. The van der Waals surface area contributed by atoms with Crippen LogP contribution in [0.1, 0.15) is 45.6 Å². The van der Waals surface area contributed by atoms with E-state index in [0.717, 1.165) is 16.7 Å². The van der Waals surface area contributed by atoms with Crippen LogP contribution in [0.5, 0.6) is 5.75 Å². The van der Waals surface area contributed by atoms with Crippen LogP contribution in [0.4, 0.5) is 5.69 Å². The molecule has 6 nitrogen and oxygen atoms in total. The van der Waals surface area contributed by atoms with Gasteiger partial charge in [0.15, 0.2) is 0 Å². The van der Waals surface area contributed by atoms with E-state index in [2.05, 4.69) is 10.0 Å². The van der Waals surface area contributed by atoms with Gasteiger partial charge in [-0.05, 0) is 68.7 Å². The van der Waals surface area contributed by atoms with E-state index in [1.807, 2.05) is 51.1 Å². The molecule has 0 aliphatic carbocycles. The molecule has 0 bridgehead atoms. The van der Waals surface area contributed by atoms with Crippen molar-refractivity contribution in [1.82, 2.24) is 5.32 Å². The second kappa shape index (κ2) is 9.44. The van der Waals surface area contributed by atoms with E-state index in [9.17, 15) is 13.2 Å². The number of aryl methyl sites for hydroxylation is 2. The van der Waals surface area contributed by atoms with Gasteiger partial charge in [-0.25, -0.2) is 8.42 Å². The Morgan fingerprint density at radius 1 is 0.938 bits per heavy atom. The standard InChI is InChI=1S/C25H28N2O4S/c1-16-9-8-11-22(18(16)3)27-32(29,30)24-15-20(14-13-17(24)2)25(28)26-19(4)21-10-6-7-12-23(21)31-5/h6-15,19,27H,1-5H3,(H,26,28)/t19-/m1/s1. The topological polar surface area (TPSA) is 84.5 Å². The second-order valence-corrected chi connectivity index (χ2v) is 9.42. The molecule has 0 aliphatic heterocycles. The van der Waals surface area contributed by atoms with Crippen LogP contribution in [0.15, 0.2) is 65.6 Å². The van der Waals surface area contributed by atoms with Gasteiger partial charge in [-0.2, -0.15) is 0 Å². The van der Waals surface area contributed by atoms with Gasteiger partial charge in [0, 0.05) is 11.1 Å². The third-order valence-corrected chi connectivity index (χ3v) is 7.05. The summed E-state index contributed by atoms with van der Waals surface area (Å²) >= 11 is 0. The number of carbonyl (C=O) groups is 1. The Kier molecular flexibility index (Phi) is 6.89. The summed E-state index contributed by atoms with van der Waals surface area (Å²) in [5.74, 6) is 0.303. The average Bonchev–Trinajstić information content (AvgIpc) is 2.76. The molecule has 1 atom stereocenters. The lowest BCUT2D eigenvalue weighted by atomic mass is 10.1. The van der Waals surface area contributed by atoms with Crippen molar-refractivity contribution < 1.29 is 17.9 Å². The molecule has 0 saturated heterocycles. The van der Waals surface area contributed by atoms with Gasteiger partial charge in [-0.15, -0.1) is 0 Å². The van der Waals surface area contributed by atoms with Crippen molar-refractivity contribution in [3.63, 3.8) is 0 Å². The normalized spacial score (nSPS) is 12.2. The number of sulfonamides is 1. The summed E-state index contributed by atoms with van der Waals surface area (Å²) < 4.78 is 34.3. The number of anilines is 1. The van der Waals surface area contributed by atoms with Crippen LogP contribution in [0.3, 0.4) is 0 Å². The molecule has 2 N–H and O–H groups in total. The molecule has 168 valence electrons. The van der Waals surface area contributed by atoms with Crippen LogP contribution in [0.25, 0.3) is 0 Å². The van der Waals surface area contributed by atoms with Gasteiger partial charge in [-0.3, -0.25) is 9.52 Å². The number of para-hydroxylation sites is 1. The van der Waals surface area contributed by atoms with Crippen molar-refractivity contribution in [2.75, 3.05) is 11.8 Å². The SMILES string of the molecule is COc1ccccc1[C@@H](C)NC(=O)c1ccc(C)c(S(=O)(=O)Nc2cccc(C)c2C)c1. The maximum absolute atomic E-state index is 13.1. The first-order valence-corrected chi connectivity index (χ1v) is 11.8. The molecule has 0 aliphatic rings. The van der Waals surface area contributed by atoms with Gasteiger partial charge in [0.2, 0.25) is 0 Å².